The molecule has 1 unspecified atom stereocenters. The molecular formula is C16H30N4O. The Labute approximate surface area is 128 Å². The van der Waals surface area contributed by atoms with E-state index in [-0.39, 0.29) is 5.54 Å². The average molecular weight is 294 g/mol. The van der Waals surface area contributed by atoms with Gasteiger partial charge in [0.25, 0.3) is 0 Å². The summed E-state index contributed by atoms with van der Waals surface area (Å²) in [6, 6.07) is 0.552. The van der Waals surface area contributed by atoms with Gasteiger partial charge in [0.05, 0.1) is 25.0 Å². The van der Waals surface area contributed by atoms with Crippen molar-refractivity contribution in [2.45, 2.75) is 58.2 Å². The van der Waals surface area contributed by atoms with Crippen molar-refractivity contribution in [2.24, 2.45) is 0 Å². The first-order valence-corrected chi connectivity index (χ1v) is 8.21. The molecule has 120 valence electrons. The van der Waals surface area contributed by atoms with Crippen LogP contribution in [0.4, 0.5) is 5.69 Å². The van der Waals surface area contributed by atoms with Gasteiger partial charge in [-0.25, -0.2) is 0 Å². The normalized spacial score (nSPS) is 21.7. The van der Waals surface area contributed by atoms with Crippen molar-refractivity contribution < 1.29 is 4.74 Å². The van der Waals surface area contributed by atoms with E-state index in [1.54, 1.807) is 7.11 Å². The molecule has 21 heavy (non-hydrogen) atoms. The minimum atomic E-state index is 0.236. The van der Waals surface area contributed by atoms with Crippen molar-refractivity contribution in [3.63, 3.8) is 0 Å². The molecule has 0 aliphatic carbocycles. The second-order valence-corrected chi connectivity index (χ2v) is 6.01. The fourth-order valence-corrected chi connectivity index (χ4v) is 3.15. The van der Waals surface area contributed by atoms with Gasteiger partial charge in [0.15, 0.2) is 0 Å². The standard InChI is InChI=1S/C16H30N4O/c1-5-14-10-17-16(6-2,7-3)13-20(14)15-11-18-19(12-15)8-9-21-4/h11-12,14,17H,5-10,13H2,1-4H3. The van der Waals surface area contributed by atoms with E-state index in [0.717, 1.165) is 38.9 Å². The van der Waals surface area contributed by atoms with Crippen molar-refractivity contribution in [2.75, 3.05) is 31.7 Å². The predicted octanol–water partition coefficient (Wildman–Crippen LogP) is 2.28. The zero-order chi connectivity index (χ0) is 15.3. The molecule has 5 nitrogen and oxygen atoms in total. The van der Waals surface area contributed by atoms with Crippen LogP contribution in [0.5, 0.6) is 0 Å². The van der Waals surface area contributed by atoms with Crippen LogP contribution in [-0.4, -0.2) is 48.2 Å². The third-order valence-electron chi connectivity index (χ3n) is 4.93. The summed E-state index contributed by atoms with van der Waals surface area (Å²) in [4.78, 5) is 2.54. The molecule has 5 heteroatoms. The van der Waals surface area contributed by atoms with Crippen molar-refractivity contribution in [1.82, 2.24) is 15.1 Å². The highest BCUT2D eigenvalue weighted by atomic mass is 16.5. The lowest BCUT2D eigenvalue weighted by Gasteiger charge is -2.48. The Kier molecular flexibility index (Phi) is 5.65. The van der Waals surface area contributed by atoms with E-state index in [2.05, 4.69) is 42.3 Å². The maximum absolute atomic E-state index is 5.13. The Balaban J connectivity index is 2.15. The van der Waals surface area contributed by atoms with Crippen LogP contribution in [0.15, 0.2) is 12.4 Å². The lowest BCUT2D eigenvalue weighted by atomic mass is 9.88. The molecule has 0 bridgehead atoms. The molecule has 1 saturated heterocycles. The van der Waals surface area contributed by atoms with Crippen molar-refractivity contribution in [3.05, 3.63) is 12.4 Å². The SMILES string of the molecule is CCC1CNC(CC)(CC)CN1c1cnn(CCOC)c1. The first-order valence-electron chi connectivity index (χ1n) is 8.21. The van der Waals surface area contributed by atoms with Crippen LogP contribution in [0.2, 0.25) is 0 Å². The largest absolute Gasteiger partial charge is 0.383 e. The van der Waals surface area contributed by atoms with Gasteiger partial charge in [-0.05, 0) is 19.3 Å². The summed E-state index contributed by atoms with van der Waals surface area (Å²) >= 11 is 0. The molecule has 0 spiro atoms. The minimum Gasteiger partial charge on any atom is -0.383 e. The molecule has 0 amide bonds. The lowest BCUT2D eigenvalue weighted by Crippen LogP contribution is -2.64. The number of anilines is 1. The maximum atomic E-state index is 5.13. The summed E-state index contributed by atoms with van der Waals surface area (Å²) in [5.41, 5.74) is 1.48. The highest BCUT2D eigenvalue weighted by molar-refractivity contribution is 5.45. The number of nitrogens with zero attached hydrogens (tertiary/aromatic N) is 3. The monoisotopic (exact) mass is 294 g/mol. The Morgan fingerprint density at radius 2 is 2.14 bits per heavy atom. The Morgan fingerprint density at radius 3 is 2.76 bits per heavy atom. The summed E-state index contributed by atoms with van der Waals surface area (Å²) < 4.78 is 7.11. The van der Waals surface area contributed by atoms with Crippen LogP contribution in [-0.2, 0) is 11.3 Å². The van der Waals surface area contributed by atoms with Crippen LogP contribution >= 0.6 is 0 Å². The third kappa shape index (κ3) is 3.58. The molecule has 1 aliphatic heterocycles. The molecule has 1 aromatic rings. The Morgan fingerprint density at radius 1 is 1.38 bits per heavy atom. The number of piperazine rings is 1. The minimum absolute atomic E-state index is 0.236. The second-order valence-electron chi connectivity index (χ2n) is 6.01. The topological polar surface area (TPSA) is 42.3 Å². The van der Waals surface area contributed by atoms with Crippen LogP contribution in [0, 0.1) is 0 Å². The zero-order valence-electron chi connectivity index (χ0n) is 13.9. The second kappa shape index (κ2) is 7.27. The van der Waals surface area contributed by atoms with Crippen molar-refractivity contribution in [3.8, 4) is 0 Å². The van der Waals surface area contributed by atoms with Crippen molar-refractivity contribution >= 4 is 5.69 Å². The summed E-state index contributed by atoms with van der Waals surface area (Å²) in [5, 5.41) is 8.26. The highest BCUT2D eigenvalue weighted by Crippen LogP contribution is 2.28. The van der Waals surface area contributed by atoms with Gasteiger partial charge in [-0.1, -0.05) is 20.8 Å². The van der Waals surface area contributed by atoms with Crippen LogP contribution in [0.25, 0.3) is 0 Å². The van der Waals surface area contributed by atoms with Gasteiger partial charge in [0.1, 0.15) is 0 Å². The number of rotatable bonds is 7. The van der Waals surface area contributed by atoms with Crippen LogP contribution < -0.4 is 10.2 Å². The van der Waals surface area contributed by atoms with Gasteiger partial charge in [-0.15, -0.1) is 0 Å². The molecule has 1 N–H and O–H groups in total. The fourth-order valence-electron chi connectivity index (χ4n) is 3.15. The smallest absolute Gasteiger partial charge is 0.0756 e. The van der Waals surface area contributed by atoms with Gasteiger partial charge in [-0.3, -0.25) is 4.68 Å². The number of aromatic nitrogens is 2. The number of hydrogen-bond donors (Lipinski definition) is 1. The van der Waals surface area contributed by atoms with E-state index in [4.69, 9.17) is 4.74 Å². The Bertz CT molecular complexity index is 428. The molecule has 0 aromatic carbocycles. The van der Waals surface area contributed by atoms with E-state index in [0.29, 0.717) is 12.6 Å². The number of methoxy groups -OCH3 is 1. The zero-order valence-corrected chi connectivity index (χ0v) is 13.9. The number of nitrogens with one attached hydrogen (secondary N) is 1. The lowest BCUT2D eigenvalue weighted by molar-refractivity contribution is 0.183. The quantitative estimate of drug-likeness (QED) is 0.838. The molecule has 1 aliphatic rings. The first-order chi connectivity index (χ1) is 10.2. The van der Waals surface area contributed by atoms with Crippen LogP contribution in [0.3, 0.4) is 0 Å². The van der Waals surface area contributed by atoms with E-state index < -0.39 is 0 Å². The molecule has 2 rings (SSSR count). The molecule has 0 radical (unpaired) electrons. The molecular weight excluding hydrogens is 264 g/mol. The van der Waals surface area contributed by atoms with Crippen molar-refractivity contribution in [1.29, 1.82) is 0 Å². The molecule has 0 saturated carbocycles. The van der Waals surface area contributed by atoms with E-state index in [1.807, 2.05) is 10.9 Å². The number of ether oxygens (including phenoxy) is 1. The highest BCUT2D eigenvalue weighted by Gasteiger charge is 2.36. The third-order valence-corrected chi connectivity index (χ3v) is 4.93. The first kappa shape index (κ1) is 16.3. The fraction of sp³-hybridized carbons (Fsp3) is 0.812. The number of hydrogen-bond acceptors (Lipinski definition) is 4. The average Bonchev–Trinajstić information content (AvgIpc) is 3.01. The van der Waals surface area contributed by atoms with E-state index >= 15 is 0 Å². The summed E-state index contributed by atoms with van der Waals surface area (Å²) in [6.45, 7) is 10.5. The van der Waals surface area contributed by atoms with Gasteiger partial charge < -0.3 is 15.0 Å². The Hall–Kier alpha value is -1.07. The molecule has 1 fully saturated rings. The van der Waals surface area contributed by atoms with Crippen LogP contribution in [0.1, 0.15) is 40.0 Å². The van der Waals surface area contributed by atoms with E-state index in [9.17, 15) is 0 Å². The predicted molar refractivity (Wildman–Crippen MR) is 86.8 cm³/mol. The summed E-state index contributed by atoms with van der Waals surface area (Å²) in [7, 11) is 1.73. The van der Waals surface area contributed by atoms with Gasteiger partial charge in [-0.2, -0.15) is 5.10 Å². The molecule has 1 aromatic heterocycles. The summed E-state index contributed by atoms with van der Waals surface area (Å²) in [5.74, 6) is 0. The molecule has 1 atom stereocenters. The van der Waals surface area contributed by atoms with Gasteiger partial charge in [0, 0.05) is 38.0 Å². The van der Waals surface area contributed by atoms with Gasteiger partial charge >= 0.3 is 0 Å². The summed E-state index contributed by atoms with van der Waals surface area (Å²) in [6.07, 6.45) is 7.63. The van der Waals surface area contributed by atoms with E-state index in [1.165, 1.54) is 5.69 Å². The maximum Gasteiger partial charge on any atom is 0.0756 e. The van der Waals surface area contributed by atoms with Gasteiger partial charge in [0.2, 0.25) is 0 Å². The molecule has 2 heterocycles.